The lowest BCUT2D eigenvalue weighted by molar-refractivity contribution is 0.0920. The van der Waals surface area contributed by atoms with Crippen LogP contribution in [0.2, 0.25) is 0 Å². The van der Waals surface area contributed by atoms with Gasteiger partial charge in [-0.05, 0) is 25.1 Å². The number of aromatic amines is 1. The third kappa shape index (κ3) is 2.20. The van der Waals surface area contributed by atoms with Gasteiger partial charge in [0.1, 0.15) is 5.69 Å². The summed E-state index contributed by atoms with van der Waals surface area (Å²) >= 11 is 0. The van der Waals surface area contributed by atoms with E-state index in [0.29, 0.717) is 5.69 Å². The van der Waals surface area contributed by atoms with Crippen molar-refractivity contribution in [2.24, 2.45) is 0 Å². The smallest absolute Gasteiger partial charge is 0.267 e. The van der Waals surface area contributed by atoms with Gasteiger partial charge in [0.2, 0.25) is 0 Å². The highest BCUT2D eigenvalue weighted by molar-refractivity contribution is 5.97. The number of pyridine rings is 1. The van der Waals surface area contributed by atoms with Crippen molar-refractivity contribution in [1.29, 1.82) is 0 Å². The molecule has 5 heteroatoms. The number of hydrogen-bond donors (Lipinski definition) is 3. The zero-order valence-electron chi connectivity index (χ0n) is 8.90. The van der Waals surface area contributed by atoms with Gasteiger partial charge in [-0.15, -0.1) is 0 Å². The van der Waals surface area contributed by atoms with Gasteiger partial charge in [0.15, 0.2) is 0 Å². The Kier molecular flexibility index (Phi) is 2.87. The van der Waals surface area contributed by atoms with Crippen molar-refractivity contribution in [2.75, 3.05) is 6.54 Å². The summed E-state index contributed by atoms with van der Waals surface area (Å²) in [5.41, 5.74) is 2.03. The Bertz CT molecular complexity index is 472. The van der Waals surface area contributed by atoms with Crippen LogP contribution in [-0.2, 0) is 0 Å². The van der Waals surface area contributed by atoms with E-state index in [0.717, 1.165) is 11.0 Å². The van der Waals surface area contributed by atoms with E-state index in [2.05, 4.69) is 15.3 Å². The van der Waals surface area contributed by atoms with Crippen LogP contribution >= 0.6 is 0 Å². The van der Waals surface area contributed by atoms with Crippen molar-refractivity contribution < 1.29 is 9.90 Å². The quantitative estimate of drug-likeness (QED) is 0.710. The van der Waals surface area contributed by atoms with Crippen molar-refractivity contribution in [3.63, 3.8) is 0 Å². The molecule has 2 rings (SSSR count). The fourth-order valence-corrected chi connectivity index (χ4v) is 1.41. The first kappa shape index (κ1) is 10.6. The molecule has 1 amide bonds. The van der Waals surface area contributed by atoms with Crippen molar-refractivity contribution in [3.8, 4) is 0 Å². The van der Waals surface area contributed by atoms with E-state index in [1.807, 2.05) is 6.07 Å². The fraction of sp³-hybridized carbons (Fsp3) is 0.273. The summed E-state index contributed by atoms with van der Waals surface area (Å²) in [7, 11) is 0. The minimum atomic E-state index is -0.550. The topological polar surface area (TPSA) is 78.0 Å². The summed E-state index contributed by atoms with van der Waals surface area (Å²) in [4.78, 5) is 18.7. The lowest BCUT2D eigenvalue weighted by Crippen LogP contribution is -2.30. The van der Waals surface area contributed by atoms with E-state index >= 15 is 0 Å². The van der Waals surface area contributed by atoms with Crippen LogP contribution in [0, 0.1) is 0 Å². The molecule has 84 valence electrons. The lowest BCUT2D eigenvalue weighted by Gasteiger charge is -2.04. The second-order valence-corrected chi connectivity index (χ2v) is 3.68. The lowest BCUT2D eigenvalue weighted by atomic mass is 10.3. The molecule has 5 nitrogen and oxygen atoms in total. The van der Waals surface area contributed by atoms with Crippen molar-refractivity contribution in [3.05, 3.63) is 30.1 Å². The molecule has 0 aliphatic heterocycles. The first-order valence-corrected chi connectivity index (χ1v) is 5.07. The summed E-state index contributed by atoms with van der Waals surface area (Å²) in [5.74, 6) is -0.237. The van der Waals surface area contributed by atoms with Crippen LogP contribution in [-0.4, -0.2) is 33.6 Å². The largest absolute Gasteiger partial charge is 0.392 e. The van der Waals surface area contributed by atoms with E-state index in [-0.39, 0.29) is 12.5 Å². The number of carbonyl (C=O) groups excluding carboxylic acids is 1. The molecule has 0 bridgehead atoms. The molecule has 0 radical (unpaired) electrons. The summed E-state index contributed by atoms with van der Waals surface area (Å²) in [5, 5.41) is 11.7. The van der Waals surface area contributed by atoms with Crippen LogP contribution in [0.3, 0.4) is 0 Å². The highest BCUT2D eigenvalue weighted by Crippen LogP contribution is 2.11. The molecule has 0 spiro atoms. The normalized spacial score (nSPS) is 12.6. The number of aromatic nitrogens is 2. The van der Waals surface area contributed by atoms with E-state index in [1.165, 1.54) is 0 Å². The monoisotopic (exact) mass is 219 g/mol. The Morgan fingerprint density at radius 3 is 3.19 bits per heavy atom. The predicted octanol–water partition coefficient (Wildman–Crippen LogP) is 0.674. The molecule has 0 aromatic carbocycles. The number of amides is 1. The molecule has 1 unspecified atom stereocenters. The molecule has 2 aromatic heterocycles. The molecule has 0 saturated heterocycles. The van der Waals surface area contributed by atoms with Gasteiger partial charge in [-0.3, -0.25) is 9.78 Å². The summed E-state index contributed by atoms with van der Waals surface area (Å²) in [6.45, 7) is 1.86. The second-order valence-electron chi connectivity index (χ2n) is 3.68. The van der Waals surface area contributed by atoms with Crippen LogP contribution in [0.4, 0.5) is 0 Å². The van der Waals surface area contributed by atoms with Gasteiger partial charge in [-0.1, -0.05) is 0 Å². The molecule has 0 aliphatic rings. The van der Waals surface area contributed by atoms with Gasteiger partial charge in [0, 0.05) is 12.7 Å². The summed E-state index contributed by atoms with van der Waals surface area (Å²) in [6, 6.07) is 5.34. The minimum absolute atomic E-state index is 0.237. The SMILES string of the molecule is CC(O)CNC(=O)c1cc2ncccc2[nH]1. The zero-order chi connectivity index (χ0) is 11.5. The van der Waals surface area contributed by atoms with E-state index in [9.17, 15) is 4.79 Å². The number of rotatable bonds is 3. The first-order chi connectivity index (χ1) is 7.66. The fourth-order valence-electron chi connectivity index (χ4n) is 1.41. The molecule has 1 atom stereocenters. The molecule has 2 heterocycles. The van der Waals surface area contributed by atoms with Crippen molar-refractivity contribution >= 4 is 16.9 Å². The van der Waals surface area contributed by atoms with Gasteiger partial charge in [0.05, 0.1) is 17.1 Å². The van der Waals surface area contributed by atoms with Gasteiger partial charge >= 0.3 is 0 Å². The highest BCUT2D eigenvalue weighted by Gasteiger charge is 2.09. The van der Waals surface area contributed by atoms with Crippen LogP contribution in [0.15, 0.2) is 24.4 Å². The Balaban J connectivity index is 2.17. The van der Waals surface area contributed by atoms with Gasteiger partial charge in [0.25, 0.3) is 5.91 Å². The number of fused-ring (bicyclic) bond motifs is 1. The number of aliphatic hydroxyl groups excluding tert-OH is 1. The molecule has 0 fully saturated rings. The standard InChI is InChI=1S/C11H13N3O2/c1-7(15)6-13-11(16)10-5-9-8(14-10)3-2-4-12-9/h2-5,7,14-15H,6H2,1H3,(H,13,16). The average molecular weight is 219 g/mol. The molecular formula is C11H13N3O2. The average Bonchev–Trinajstić information content (AvgIpc) is 2.69. The zero-order valence-corrected chi connectivity index (χ0v) is 8.90. The van der Waals surface area contributed by atoms with Crippen LogP contribution in [0.25, 0.3) is 11.0 Å². The predicted molar refractivity (Wildman–Crippen MR) is 60.1 cm³/mol. The van der Waals surface area contributed by atoms with Gasteiger partial charge in [-0.25, -0.2) is 0 Å². The summed E-state index contributed by atoms with van der Waals surface area (Å²) in [6.07, 6.45) is 1.12. The Morgan fingerprint density at radius 2 is 2.50 bits per heavy atom. The molecule has 0 aliphatic carbocycles. The summed E-state index contributed by atoms with van der Waals surface area (Å²) < 4.78 is 0. The third-order valence-corrected chi connectivity index (χ3v) is 2.19. The Hall–Kier alpha value is -1.88. The number of carbonyl (C=O) groups is 1. The number of hydrogen-bond acceptors (Lipinski definition) is 3. The number of nitrogens with one attached hydrogen (secondary N) is 2. The highest BCUT2D eigenvalue weighted by atomic mass is 16.3. The number of aliphatic hydroxyl groups is 1. The Labute approximate surface area is 92.5 Å². The van der Waals surface area contributed by atoms with Gasteiger partial charge in [-0.2, -0.15) is 0 Å². The van der Waals surface area contributed by atoms with E-state index in [1.54, 1.807) is 25.3 Å². The van der Waals surface area contributed by atoms with Crippen LogP contribution < -0.4 is 5.32 Å². The maximum Gasteiger partial charge on any atom is 0.267 e. The first-order valence-electron chi connectivity index (χ1n) is 5.07. The molecule has 16 heavy (non-hydrogen) atoms. The maximum atomic E-state index is 11.6. The van der Waals surface area contributed by atoms with Crippen LogP contribution in [0.5, 0.6) is 0 Å². The molecule has 2 aromatic rings. The van der Waals surface area contributed by atoms with Gasteiger partial charge < -0.3 is 15.4 Å². The number of nitrogens with zero attached hydrogens (tertiary/aromatic N) is 1. The maximum absolute atomic E-state index is 11.6. The minimum Gasteiger partial charge on any atom is -0.392 e. The van der Waals surface area contributed by atoms with Crippen molar-refractivity contribution in [2.45, 2.75) is 13.0 Å². The van der Waals surface area contributed by atoms with E-state index in [4.69, 9.17) is 5.11 Å². The second kappa shape index (κ2) is 4.32. The van der Waals surface area contributed by atoms with Crippen LogP contribution in [0.1, 0.15) is 17.4 Å². The third-order valence-electron chi connectivity index (χ3n) is 2.19. The van der Waals surface area contributed by atoms with E-state index < -0.39 is 6.10 Å². The molecular weight excluding hydrogens is 206 g/mol. The molecule has 3 N–H and O–H groups in total. The Morgan fingerprint density at radius 1 is 1.69 bits per heavy atom. The number of H-pyrrole nitrogens is 1. The van der Waals surface area contributed by atoms with Crippen molar-refractivity contribution in [1.82, 2.24) is 15.3 Å². The molecule has 0 saturated carbocycles.